The maximum absolute atomic E-state index is 9.25. The average molecular weight is 227 g/mol. The van der Waals surface area contributed by atoms with Gasteiger partial charge in [0.05, 0.1) is 0 Å². The highest BCUT2D eigenvalue weighted by molar-refractivity contribution is 4.79. The van der Waals surface area contributed by atoms with Crippen molar-refractivity contribution in [3.05, 3.63) is 0 Å². The van der Waals surface area contributed by atoms with Gasteiger partial charge in [0, 0.05) is 12.6 Å². The molecule has 2 N–H and O–H groups in total. The van der Waals surface area contributed by atoms with Crippen LogP contribution in [0, 0.1) is 11.8 Å². The van der Waals surface area contributed by atoms with Crippen LogP contribution in [0.15, 0.2) is 0 Å². The summed E-state index contributed by atoms with van der Waals surface area (Å²) in [4.78, 5) is 0. The first-order chi connectivity index (χ1) is 7.77. The molecule has 0 spiro atoms. The lowest BCUT2D eigenvalue weighted by atomic mass is 9.96. The Kier molecular flexibility index (Phi) is 7.06. The van der Waals surface area contributed by atoms with E-state index in [-0.39, 0.29) is 0 Å². The molecule has 0 saturated heterocycles. The van der Waals surface area contributed by atoms with Crippen molar-refractivity contribution in [1.29, 1.82) is 0 Å². The smallest absolute Gasteiger partial charge is 0.0462 e. The molecule has 1 rings (SSSR count). The van der Waals surface area contributed by atoms with Gasteiger partial charge in [-0.1, -0.05) is 32.6 Å². The molecule has 3 atom stereocenters. The van der Waals surface area contributed by atoms with E-state index in [4.69, 9.17) is 0 Å². The first kappa shape index (κ1) is 14.0. The molecule has 1 aliphatic rings. The summed E-state index contributed by atoms with van der Waals surface area (Å²) in [5.74, 6) is 1.29. The van der Waals surface area contributed by atoms with Crippen molar-refractivity contribution in [2.24, 2.45) is 11.8 Å². The van der Waals surface area contributed by atoms with Crippen molar-refractivity contribution in [3.63, 3.8) is 0 Å². The maximum Gasteiger partial charge on any atom is 0.0462 e. The Labute approximate surface area is 101 Å². The summed E-state index contributed by atoms with van der Waals surface area (Å²) in [5.41, 5.74) is 0. The van der Waals surface area contributed by atoms with Gasteiger partial charge in [0.1, 0.15) is 0 Å². The average Bonchev–Trinajstić information content (AvgIpc) is 2.74. The minimum absolute atomic E-state index is 0.385. The Balaban J connectivity index is 2.08. The molecule has 0 aliphatic heterocycles. The maximum atomic E-state index is 9.25. The predicted molar refractivity (Wildman–Crippen MR) is 69.5 cm³/mol. The topological polar surface area (TPSA) is 32.3 Å². The van der Waals surface area contributed by atoms with Crippen molar-refractivity contribution in [2.45, 2.75) is 64.8 Å². The molecular formula is C14H29NO. The molecule has 0 radical (unpaired) electrons. The molecule has 0 bridgehead atoms. The summed E-state index contributed by atoms with van der Waals surface area (Å²) in [6, 6.07) is 0.645. The minimum atomic E-state index is 0.385. The van der Waals surface area contributed by atoms with Crippen LogP contribution in [-0.2, 0) is 0 Å². The predicted octanol–water partition coefficient (Wildman–Crippen LogP) is 2.95. The van der Waals surface area contributed by atoms with E-state index in [9.17, 15) is 5.11 Å². The standard InChI is InChI=1S/C14H29NO/c1-3-4-5-7-12(2)15-10-13-8-6-9-14(13)11-16/h12-16H,3-11H2,1-2H3. The Morgan fingerprint density at radius 2 is 2.00 bits per heavy atom. The molecule has 2 nitrogen and oxygen atoms in total. The van der Waals surface area contributed by atoms with E-state index < -0.39 is 0 Å². The summed E-state index contributed by atoms with van der Waals surface area (Å²) in [5, 5.41) is 12.9. The van der Waals surface area contributed by atoms with E-state index in [2.05, 4.69) is 19.2 Å². The summed E-state index contributed by atoms with van der Waals surface area (Å²) in [6.07, 6.45) is 9.15. The van der Waals surface area contributed by atoms with Gasteiger partial charge in [-0.15, -0.1) is 0 Å². The molecule has 0 aromatic carbocycles. The molecule has 96 valence electrons. The number of hydrogen-bond donors (Lipinski definition) is 2. The van der Waals surface area contributed by atoms with Crippen LogP contribution in [0.3, 0.4) is 0 Å². The largest absolute Gasteiger partial charge is 0.396 e. The van der Waals surface area contributed by atoms with Crippen molar-refractivity contribution in [3.8, 4) is 0 Å². The van der Waals surface area contributed by atoms with E-state index in [0.29, 0.717) is 18.6 Å². The molecule has 3 unspecified atom stereocenters. The third kappa shape index (κ3) is 4.84. The molecule has 2 heteroatoms. The van der Waals surface area contributed by atoms with E-state index in [1.54, 1.807) is 0 Å². The molecule has 0 amide bonds. The van der Waals surface area contributed by atoms with E-state index in [1.807, 2.05) is 0 Å². The van der Waals surface area contributed by atoms with Crippen LogP contribution in [0.25, 0.3) is 0 Å². The Morgan fingerprint density at radius 1 is 1.25 bits per heavy atom. The zero-order valence-electron chi connectivity index (χ0n) is 11.0. The fourth-order valence-corrected chi connectivity index (χ4v) is 2.78. The highest BCUT2D eigenvalue weighted by atomic mass is 16.3. The van der Waals surface area contributed by atoms with E-state index in [0.717, 1.165) is 12.5 Å². The van der Waals surface area contributed by atoms with Crippen LogP contribution in [0.2, 0.25) is 0 Å². The van der Waals surface area contributed by atoms with Crippen molar-refractivity contribution in [1.82, 2.24) is 5.32 Å². The molecule has 1 saturated carbocycles. The fourth-order valence-electron chi connectivity index (χ4n) is 2.78. The molecule has 1 fully saturated rings. The van der Waals surface area contributed by atoms with Gasteiger partial charge in [-0.05, 0) is 44.6 Å². The van der Waals surface area contributed by atoms with Crippen molar-refractivity contribution < 1.29 is 5.11 Å². The summed E-state index contributed by atoms with van der Waals surface area (Å²) < 4.78 is 0. The van der Waals surface area contributed by atoms with Gasteiger partial charge in [0.25, 0.3) is 0 Å². The number of aliphatic hydroxyl groups is 1. The second-order valence-electron chi connectivity index (χ2n) is 5.44. The second-order valence-corrected chi connectivity index (χ2v) is 5.44. The van der Waals surface area contributed by atoms with Crippen molar-refractivity contribution in [2.75, 3.05) is 13.2 Å². The lowest BCUT2D eigenvalue weighted by molar-refractivity contribution is 0.190. The summed E-state index contributed by atoms with van der Waals surface area (Å²) in [7, 11) is 0. The van der Waals surface area contributed by atoms with Crippen LogP contribution >= 0.6 is 0 Å². The van der Waals surface area contributed by atoms with Gasteiger partial charge in [-0.3, -0.25) is 0 Å². The Bertz CT molecular complexity index is 172. The molecular weight excluding hydrogens is 198 g/mol. The zero-order valence-corrected chi connectivity index (χ0v) is 11.0. The molecule has 0 aromatic heterocycles. The molecule has 0 aromatic rings. The van der Waals surface area contributed by atoms with Gasteiger partial charge < -0.3 is 10.4 Å². The van der Waals surface area contributed by atoms with Crippen LogP contribution in [-0.4, -0.2) is 24.3 Å². The quantitative estimate of drug-likeness (QED) is 0.625. The molecule has 1 aliphatic carbocycles. The van der Waals surface area contributed by atoms with Crippen LogP contribution < -0.4 is 5.32 Å². The second kappa shape index (κ2) is 8.08. The Morgan fingerprint density at radius 3 is 2.69 bits per heavy atom. The first-order valence-corrected chi connectivity index (χ1v) is 7.12. The monoisotopic (exact) mass is 227 g/mol. The lowest BCUT2D eigenvalue weighted by Crippen LogP contribution is -2.33. The minimum Gasteiger partial charge on any atom is -0.396 e. The zero-order chi connectivity index (χ0) is 11.8. The molecule has 0 heterocycles. The van der Waals surface area contributed by atoms with E-state index >= 15 is 0 Å². The first-order valence-electron chi connectivity index (χ1n) is 7.12. The highest BCUT2D eigenvalue weighted by Crippen LogP contribution is 2.30. The molecule has 16 heavy (non-hydrogen) atoms. The van der Waals surface area contributed by atoms with Gasteiger partial charge in [-0.25, -0.2) is 0 Å². The van der Waals surface area contributed by atoms with Gasteiger partial charge >= 0.3 is 0 Å². The number of nitrogens with one attached hydrogen (secondary N) is 1. The number of hydrogen-bond acceptors (Lipinski definition) is 2. The van der Waals surface area contributed by atoms with Crippen LogP contribution in [0.5, 0.6) is 0 Å². The third-order valence-corrected chi connectivity index (χ3v) is 4.02. The SMILES string of the molecule is CCCCCC(C)NCC1CCCC1CO. The summed E-state index contributed by atoms with van der Waals surface area (Å²) >= 11 is 0. The van der Waals surface area contributed by atoms with Gasteiger partial charge in [0.15, 0.2) is 0 Å². The van der Waals surface area contributed by atoms with E-state index in [1.165, 1.54) is 44.9 Å². The van der Waals surface area contributed by atoms with Crippen molar-refractivity contribution >= 4 is 0 Å². The van der Waals surface area contributed by atoms with Crippen LogP contribution in [0.1, 0.15) is 58.8 Å². The highest BCUT2D eigenvalue weighted by Gasteiger charge is 2.26. The number of rotatable bonds is 8. The van der Waals surface area contributed by atoms with Crippen LogP contribution in [0.4, 0.5) is 0 Å². The fraction of sp³-hybridized carbons (Fsp3) is 1.00. The normalized spacial score (nSPS) is 27.2. The Hall–Kier alpha value is -0.0800. The number of aliphatic hydroxyl groups excluding tert-OH is 1. The lowest BCUT2D eigenvalue weighted by Gasteiger charge is -2.21. The summed E-state index contributed by atoms with van der Waals surface area (Å²) in [6.45, 7) is 6.04. The van der Waals surface area contributed by atoms with Gasteiger partial charge in [-0.2, -0.15) is 0 Å². The van der Waals surface area contributed by atoms with Gasteiger partial charge in [0.2, 0.25) is 0 Å². The number of unbranched alkanes of at least 4 members (excludes halogenated alkanes) is 2. The third-order valence-electron chi connectivity index (χ3n) is 4.02.